The van der Waals surface area contributed by atoms with Crippen LogP contribution in [0.5, 0.6) is 0 Å². The summed E-state index contributed by atoms with van der Waals surface area (Å²) in [6.07, 6.45) is 0.622. The van der Waals surface area contributed by atoms with Crippen LogP contribution in [0.25, 0.3) is 0 Å². The SMILES string of the molecule is C[C@@H](C(=O)O)C1CCCC(NC(=O)OC(C)(C)C)[C@@H]1O. The van der Waals surface area contributed by atoms with E-state index >= 15 is 0 Å². The Morgan fingerprint density at radius 2 is 1.90 bits per heavy atom. The number of alkyl carbamates (subject to hydrolysis) is 1. The first-order chi connectivity index (χ1) is 9.11. The molecule has 20 heavy (non-hydrogen) atoms. The fourth-order valence-electron chi connectivity index (χ4n) is 2.56. The van der Waals surface area contributed by atoms with E-state index in [9.17, 15) is 14.7 Å². The molecule has 116 valence electrons. The highest BCUT2D eigenvalue weighted by molar-refractivity contribution is 5.70. The molecule has 4 atom stereocenters. The molecule has 0 saturated heterocycles. The fraction of sp³-hybridized carbons (Fsp3) is 0.857. The van der Waals surface area contributed by atoms with Gasteiger partial charge in [0, 0.05) is 0 Å². The number of hydrogen-bond acceptors (Lipinski definition) is 4. The van der Waals surface area contributed by atoms with Crippen LogP contribution in [-0.4, -0.2) is 40.0 Å². The molecule has 0 bridgehead atoms. The van der Waals surface area contributed by atoms with E-state index in [0.29, 0.717) is 12.8 Å². The molecule has 6 nitrogen and oxygen atoms in total. The lowest BCUT2D eigenvalue weighted by atomic mass is 9.76. The van der Waals surface area contributed by atoms with Crippen molar-refractivity contribution in [1.82, 2.24) is 5.32 Å². The summed E-state index contributed by atoms with van der Waals surface area (Å²) in [4.78, 5) is 22.8. The molecule has 0 heterocycles. The molecular weight excluding hydrogens is 262 g/mol. The lowest BCUT2D eigenvalue weighted by molar-refractivity contribution is -0.145. The molecule has 1 fully saturated rings. The summed E-state index contributed by atoms with van der Waals surface area (Å²) in [5, 5.41) is 22.0. The van der Waals surface area contributed by atoms with E-state index in [1.165, 1.54) is 0 Å². The maximum absolute atomic E-state index is 11.7. The maximum Gasteiger partial charge on any atom is 0.407 e. The van der Waals surface area contributed by atoms with Gasteiger partial charge in [0.25, 0.3) is 0 Å². The molecule has 3 N–H and O–H groups in total. The summed E-state index contributed by atoms with van der Waals surface area (Å²) in [6, 6.07) is -0.453. The Morgan fingerprint density at radius 1 is 1.30 bits per heavy atom. The number of carbonyl (C=O) groups is 2. The second-order valence-electron chi connectivity index (χ2n) is 6.46. The van der Waals surface area contributed by atoms with E-state index in [1.54, 1.807) is 27.7 Å². The molecule has 1 aliphatic carbocycles. The Morgan fingerprint density at radius 3 is 2.40 bits per heavy atom. The number of ether oxygens (including phenoxy) is 1. The van der Waals surface area contributed by atoms with Gasteiger partial charge in [-0.1, -0.05) is 13.3 Å². The summed E-state index contributed by atoms with van der Waals surface area (Å²) in [6.45, 7) is 6.88. The standard InChI is InChI=1S/C14H25NO5/c1-8(12(17)18)9-6-5-7-10(11(9)16)15-13(19)20-14(2,3)4/h8-11,16H,5-7H2,1-4H3,(H,15,19)(H,17,18)/t8-,9?,10?,11-/m1/s1. The van der Waals surface area contributed by atoms with Crippen LogP contribution in [0.3, 0.4) is 0 Å². The average Bonchev–Trinajstić information content (AvgIpc) is 2.28. The monoisotopic (exact) mass is 287 g/mol. The molecule has 0 spiro atoms. The fourth-order valence-corrected chi connectivity index (χ4v) is 2.56. The van der Waals surface area contributed by atoms with Gasteiger partial charge in [-0.3, -0.25) is 4.79 Å². The van der Waals surface area contributed by atoms with E-state index in [1.807, 2.05) is 0 Å². The number of carboxylic acid groups (broad SMARTS) is 1. The Balaban J connectivity index is 2.62. The van der Waals surface area contributed by atoms with Crippen LogP contribution in [-0.2, 0) is 9.53 Å². The molecule has 1 rings (SSSR count). The van der Waals surface area contributed by atoms with E-state index in [0.717, 1.165) is 6.42 Å². The summed E-state index contributed by atoms with van der Waals surface area (Å²) in [5.41, 5.74) is -0.600. The van der Waals surface area contributed by atoms with Crippen molar-refractivity contribution in [3.63, 3.8) is 0 Å². The van der Waals surface area contributed by atoms with Gasteiger partial charge in [-0.15, -0.1) is 0 Å². The lowest BCUT2D eigenvalue weighted by Gasteiger charge is -2.37. The van der Waals surface area contributed by atoms with Gasteiger partial charge in [0.05, 0.1) is 18.1 Å². The van der Waals surface area contributed by atoms with E-state index < -0.39 is 35.7 Å². The van der Waals surface area contributed by atoms with Gasteiger partial charge in [-0.2, -0.15) is 0 Å². The third kappa shape index (κ3) is 4.67. The topological polar surface area (TPSA) is 95.9 Å². The Kier molecular flexibility index (Phi) is 5.39. The van der Waals surface area contributed by atoms with Gasteiger partial charge in [0.2, 0.25) is 0 Å². The van der Waals surface area contributed by atoms with Crippen LogP contribution in [0, 0.1) is 11.8 Å². The van der Waals surface area contributed by atoms with Gasteiger partial charge in [-0.25, -0.2) is 4.79 Å². The summed E-state index contributed by atoms with van der Waals surface area (Å²) >= 11 is 0. The van der Waals surface area contributed by atoms with Crippen LogP contribution in [0.1, 0.15) is 47.0 Å². The molecular formula is C14H25NO5. The number of carboxylic acids is 1. The number of carbonyl (C=O) groups excluding carboxylic acids is 1. The Labute approximate surface area is 119 Å². The van der Waals surface area contributed by atoms with Gasteiger partial charge < -0.3 is 20.3 Å². The van der Waals surface area contributed by atoms with Gasteiger partial charge in [0.1, 0.15) is 5.60 Å². The minimum absolute atomic E-state index is 0.346. The predicted molar refractivity (Wildman–Crippen MR) is 73.3 cm³/mol. The third-order valence-electron chi connectivity index (χ3n) is 3.64. The molecule has 0 aromatic carbocycles. The van der Waals surface area contributed by atoms with Crippen molar-refractivity contribution >= 4 is 12.1 Å². The summed E-state index contributed by atoms with van der Waals surface area (Å²) in [7, 11) is 0. The predicted octanol–water partition coefficient (Wildman–Crippen LogP) is 1.76. The number of hydrogen-bond donors (Lipinski definition) is 3. The van der Waals surface area contributed by atoms with Crippen molar-refractivity contribution in [3.8, 4) is 0 Å². The smallest absolute Gasteiger partial charge is 0.407 e. The number of aliphatic hydroxyl groups excluding tert-OH is 1. The minimum atomic E-state index is -0.924. The largest absolute Gasteiger partial charge is 0.481 e. The summed E-state index contributed by atoms with van der Waals surface area (Å²) < 4.78 is 5.15. The number of amides is 1. The summed E-state index contributed by atoms with van der Waals surface area (Å²) in [5.74, 6) is -1.90. The quantitative estimate of drug-likeness (QED) is 0.735. The van der Waals surface area contributed by atoms with E-state index in [-0.39, 0.29) is 5.92 Å². The highest BCUT2D eigenvalue weighted by Crippen LogP contribution is 2.31. The lowest BCUT2D eigenvalue weighted by Crippen LogP contribution is -2.52. The molecule has 0 aliphatic heterocycles. The Bertz CT molecular complexity index is 363. The number of nitrogens with one attached hydrogen (secondary N) is 1. The molecule has 6 heteroatoms. The van der Waals surface area contributed by atoms with Crippen LogP contribution in [0.4, 0.5) is 4.79 Å². The second-order valence-corrected chi connectivity index (χ2v) is 6.46. The third-order valence-corrected chi connectivity index (χ3v) is 3.64. The van der Waals surface area contributed by atoms with Gasteiger partial charge in [-0.05, 0) is 39.5 Å². The van der Waals surface area contributed by atoms with Crippen molar-refractivity contribution in [2.24, 2.45) is 11.8 Å². The van der Waals surface area contributed by atoms with Crippen LogP contribution in [0.2, 0.25) is 0 Å². The van der Waals surface area contributed by atoms with Crippen molar-refractivity contribution in [3.05, 3.63) is 0 Å². The second kappa shape index (κ2) is 6.43. The molecule has 1 amide bonds. The maximum atomic E-state index is 11.7. The van der Waals surface area contributed by atoms with Crippen molar-refractivity contribution < 1.29 is 24.5 Å². The number of rotatable bonds is 3. The first kappa shape index (κ1) is 16.8. The molecule has 2 unspecified atom stereocenters. The molecule has 1 saturated carbocycles. The first-order valence-electron chi connectivity index (χ1n) is 7.02. The minimum Gasteiger partial charge on any atom is -0.481 e. The first-order valence-corrected chi connectivity index (χ1v) is 7.02. The molecule has 1 aliphatic rings. The van der Waals surface area contributed by atoms with Crippen LogP contribution >= 0.6 is 0 Å². The molecule has 0 aromatic heterocycles. The highest BCUT2D eigenvalue weighted by atomic mass is 16.6. The zero-order valence-corrected chi connectivity index (χ0v) is 12.5. The average molecular weight is 287 g/mol. The van der Waals surface area contributed by atoms with E-state index in [2.05, 4.69) is 5.32 Å². The normalized spacial score (nSPS) is 28.6. The van der Waals surface area contributed by atoms with Gasteiger partial charge >= 0.3 is 12.1 Å². The van der Waals surface area contributed by atoms with Crippen molar-refractivity contribution in [2.75, 3.05) is 0 Å². The number of aliphatic hydroxyl groups is 1. The number of aliphatic carboxylic acids is 1. The van der Waals surface area contributed by atoms with Crippen LogP contribution in [0.15, 0.2) is 0 Å². The van der Waals surface area contributed by atoms with Crippen molar-refractivity contribution in [1.29, 1.82) is 0 Å². The zero-order valence-electron chi connectivity index (χ0n) is 12.5. The van der Waals surface area contributed by atoms with Gasteiger partial charge in [0.15, 0.2) is 0 Å². The highest BCUT2D eigenvalue weighted by Gasteiger charge is 2.38. The zero-order chi connectivity index (χ0) is 15.5. The Hall–Kier alpha value is -1.30. The van der Waals surface area contributed by atoms with Crippen LogP contribution < -0.4 is 5.32 Å². The van der Waals surface area contributed by atoms with E-state index in [4.69, 9.17) is 9.84 Å². The van der Waals surface area contributed by atoms with Crippen molar-refractivity contribution in [2.45, 2.75) is 64.7 Å². The molecule has 0 radical (unpaired) electrons. The molecule has 0 aromatic rings.